The topological polar surface area (TPSA) is 97.8 Å². The lowest BCUT2D eigenvalue weighted by Gasteiger charge is -2.29. The van der Waals surface area contributed by atoms with Crippen molar-refractivity contribution in [3.8, 4) is 10.9 Å². The van der Waals surface area contributed by atoms with Crippen molar-refractivity contribution in [3.63, 3.8) is 0 Å². The van der Waals surface area contributed by atoms with E-state index in [1.54, 1.807) is 23.1 Å². The van der Waals surface area contributed by atoms with Gasteiger partial charge in [0.25, 0.3) is 11.1 Å². The lowest BCUT2D eigenvalue weighted by molar-refractivity contribution is -0.143. The molecule has 0 spiro atoms. The zero-order chi connectivity index (χ0) is 33.8. The maximum atomic E-state index is 14.5. The first-order valence-electron chi connectivity index (χ1n) is 17.2. The van der Waals surface area contributed by atoms with E-state index >= 15 is 0 Å². The van der Waals surface area contributed by atoms with E-state index in [1.165, 1.54) is 23.5 Å². The number of thiazole rings is 1. The highest BCUT2D eigenvalue weighted by atomic mass is 32.1. The summed E-state index contributed by atoms with van der Waals surface area (Å²) in [5, 5.41) is 0.492. The normalized spacial score (nSPS) is 26.6. The second-order valence-corrected chi connectivity index (χ2v) is 14.5. The van der Waals surface area contributed by atoms with Gasteiger partial charge in [0.15, 0.2) is 11.5 Å². The molecule has 2 aliphatic heterocycles. The molecule has 2 fully saturated rings. The number of ether oxygens (including phenoxy) is 1. The number of allylic oxidation sites excluding steroid dienone is 2. The summed E-state index contributed by atoms with van der Waals surface area (Å²) < 4.78 is 21.5. The van der Waals surface area contributed by atoms with Gasteiger partial charge in [-0.2, -0.15) is 5.48 Å². The Kier molecular flexibility index (Phi) is 9.75. The highest BCUT2D eigenvalue weighted by molar-refractivity contribution is 7.20. The highest BCUT2D eigenvalue weighted by Gasteiger charge is 2.61. The summed E-state index contributed by atoms with van der Waals surface area (Å²) in [5.74, 6) is -1.03. The summed E-state index contributed by atoms with van der Waals surface area (Å²) in [4.78, 5) is 54.5. The average molecular weight is 682 g/mol. The summed E-state index contributed by atoms with van der Waals surface area (Å²) in [7, 11) is 0. The van der Waals surface area contributed by atoms with Crippen molar-refractivity contribution >= 4 is 39.2 Å². The van der Waals surface area contributed by atoms with Crippen LogP contribution in [-0.4, -0.2) is 46.2 Å². The molecule has 1 N–H and O–H groups in total. The molecular weight excluding hydrogens is 642 g/mol. The van der Waals surface area contributed by atoms with Crippen molar-refractivity contribution in [2.24, 2.45) is 17.3 Å². The predicted molar refractivity (Wildman–Crippen MR) is 185 cm³/mol. The zero-order valence-corrected chi connectivity index (χ0v) is 28.1. The smallest absolute Gasteiger partial charge is 0.274 e. The summed E-state index contributed by atoms with van der Waals surface area (Å²) in [6, 6.07) is 22.4. The van der Waals surface area contributed by atoms with Crippen LogP contribution in [0.2, 0.25) is 0 Å². The van der Waals surface area contributed by atoms with E-state index in [2.05, 4.69) is 22.6 Å². The quantitative estimate of drug-likeness (QED) is 0.163. The van der Waals surface area contributed by atoms with Crippen LogP contribution in [0.15, 0.2) is 91.0 Å². The lowest BCUT2D eigenvalue weighted by Crippen LogP contribution is -2.46. The summed E-state index contributed by atoms with van der Waals surface area (Å²) in [6.45, 7) is 0.227. The molecule has 0 bridgehead atoms. The second-order valence-electron chi connectivity index (χ2n) is 13.5. The molecule has 7 rings (SSSR count). The van der Waals surface area contributed by atoms with Gasteiger partial charge in [-0.25, -0.2) is 9.37 Å². The molecule has 4 aromatic rings. The van der Waals surface area contributed by atoms with Gasteiger partial charge in [-0.3, -0.25) is 14.4 Å². The number of nitrogens with zero attached hydrogens (tertiary/aromatic N) is 2. The third-order valence-electron chi connectivity index (χ3n) is 10.1. The maximum absolute atomic E-state index is 14.5. The molecule has 1 aliphatic carbocycles. The number of hydrogen-bond acceptors (Lipinski definition) is 7. The Balaban J connectivity index is 1.16. The van der Waals surface area contributed by atoms with Crippen molar-refractivity contribution in [1.29, 1.82) is 0 Å². The third kappa shape index (κ3) is 7.54. The Morgan fingerprint density at radius 1 is 1.02 bits per heavy atom. The van der Waals surface area contributed by atoms with Gasteiger partial charge < -0.3 is 14.5 Å². The van der Waals surface area contributed by atoms with Crippen LogP contribution in [0.5, 0.6) is 10.9 Å². The van der Waals surface area contributed by atoms with Crippen LogP contribution in [0.1, 0.15) is 56.9 Å². The predicted octanol–water partition coefficient (Wildman–Crippen LogP) is 7.24. The van der Waals surface area contributed by atoms with Crippen LogP contribution in [0, 0.1) is 23.1 Å². The Morgan fingerprint density at radius 3 is 2.69 bits per heavy atom. The highest BCUT2D eigenvalue weighted by Crippen LogP contribution is 2.57. The first-order valence-corrected chi connectivity index (χ1v) is 18.0. The number of hydrogen-bond donors (Lipinski definition) is 1. The molecule has 2 amide bonds. The number of carbonyl (C=O) groups excluding carboxylic acids is 3. The number of nitrogens with one attached hydrogen (secondary N) is 1. The van der Waals surface area contributed by atoms with E-state index in [0.29, 0.717) is 36.6 Å². The van der Waals surface area contributed by atoms with Crippen molar-refractivity contribution in [3.05, 3.63) is 102 Å². The Morgan fingerprint density at radius 2 is 1.86 bits per heavy atom. The fraction of sp³-hybridized carbons (Fsp3) is 0.385. The zero-order valence-electron chi connectivity index (χ0n) is 27.3. The van der Waals surface area contributed by atoms with Gasteiger partial charge in [0.1, 0.15) is 11.9 Å². The van der Waals surface area contributed by atoms with Crippen molar-refractivity contribution in [1.82, 2.24) is 15.4 Å². The van der Waals surface area contributed by atoms with Gasteiger partial charge >= 0.3 is 0 Å². The van der Waals surface area contributed by atoms with Crippen molar-refractivity contribution < 1.29 is 28.3 Å². The van der Waals surface area contributed by atoms with Gasteiger partial charge in [-0.15, -0.1) is 0 Å². The minimum absolute atomic E-state index is 0.0249. The van der Waals surface area contributed by atoms with Crippen LogP contribution in [0.3, 0.4) is 0 Å². The molecule has 8 nitrogen and oxygen atoms in total. The van der Waals surface area contributed by atoms with E-state index in [0.717, 1.165) is 41.5 Å². The number of halogens is 1. The Labute approximate surface area is 289 Å². The average Bonchev–Trinajstić information content (AvgIpc) is 3.41. The number of para-hydroxylation sites is 2. The molecule has 1 saturated heterocycles. The number of hydroxylamine groups is 1. The Hall–Kier alpha value is -4.57. The van der Waals surface area contributed by atoms with Crippen LogP contribution in [0.4, 0.5) is 4.39 Å². The molecule has 1 saturated carbocycles. The number of rotatable bonds is 7. The van der Waals surface area contributed by atoms with Crippen LogP contribution < -0.4 is 15.1 Å². The van der Waals surface area contributed by atoms with Gasteiger partial charge in [0.05, 0.1) is 28.2 Å². The second kappa shape index (κ2) is 14.5. The molecule has 254 valence electrons. The van der Waals surface area contributed by atoms with Crippen molar-refractivity contribution in [2.45, 2.75) is 69.9 Å². The van der Waals surface area contributed by atoms with E-state index in [4.69, 9.17) is 9.57 Å². The van der Waals surface area contributed by atoms with Crippen LogP contribution in [-0.2, 0) is 20.8 Å². The summed E-state index contributed by atoms with van der Waals surface area (Å²) in [6.07, 6.45) is 9.10. The largest absolute Gasteiger partial charge is 0.465 e. The third-order valence-corrected chi connectivity index (χ3v) is 11.0. The van der Waals surface area contributed by atoms with Crippen molar-refractivity contribution in [2.75, 3.05) is 6.54 Å². The van der Waals surface area contributed by atoms with Gasteiger partial charge in [0.2, 0.25) is 5.91 Å². The standard InChI is InChI=1S/C39H40FN3O5S/c40-29-15-11-12-26(21-29)20-27-13-5-2-1-3-6-14-28-23-39(28,37(46)42-48-30-16-7-4-8-17-30)24-34(44)33-22-31(25-43(33)36(27)45)47-38-41-32-18-9-10-19-35(32)49-38/h4,6-12,14-19,21,27-28,31,33H,1-3,5,13,20,22-25H2,(H,42,46)/b14-6-/t27-,28+,31-,33+,39-/m1/s1. The van der Waals surface area contributed by atoms with E-state index in [1.807, 2.05) is 48.5 Å². The SMILES string of the molecule is O=C1C[C@]2(C(=O)NOc3ccccc3)C[C@@H]2/C=C\CCCCC[C@H](Cc2cccc(F)c2)C(=O)N2C[C@H](Oc3nc4ccccc4s3)C[C@@H]12. The molecule has 3 aromatic carbocycles. The molecule has 0 unspecified atom stereocenters. The van der Waals surface area contributed by atoms with Gasteiger partial charge in [0, 0.05) is 18.8 Å². The molecule has 3 heterocycles. The molecule has 3 aliphatic rings. The van der Waals surface area contributed by atoms with E-state index in [9.17, 15) is 18.8 Å². The molecular formula is C39H40FN3O5S. The van der Waals surface area contributed by atoms with Gasteiger partial charge in [-0.05, 0) is 80.0 Å². The number of fused-ring (bicyclic) bond motifs is 3. The fourth-order valence-electron chi connectivity index (χ4n) is 7.32. The van der Waals surface area contributed by atoms with E-state index in [-0.39, 0.29) is 42.3 Å². The first kappa shape index (κ1) is 33.0. The molecule has 0 radical (unpaired) electrons. The molecule has 10 heteroatoms. The fourth-order valence-corrected chi connectivity index (χ4v) is 8.20. The number of benzene rings is 3. The number of aromatic nitrogens is 1. The van der Waals surface area contributed by atoms with Crippen LogP contribution in [0.25, 0.3) is 10.2 Å². The summed E-state index contributed by atoms with van der Waals surface area (Å²) in [5.41, 5.74) is 3.22. The monoisotopic (exact) mass is 681 g/mol. The lowest BCUT2D eigenvalue weighted by atomic mass is 9.90. The maximum Gasteiger partial charge on any atom is 0.274 e. The Bertz CT molecular complexity index is 1810. The minimum atomic E-state index is -0.968. The van der Waals surface area contributed by atoms with Gasteiger partial charge in [-0.1, -0.05) is 78.8 Å². The number of carbonyl (C=O) groups is 3. The number of amides is 2. The minimum Gasteiger partial charge on any atom is -0.465 e. The summed E-state index contributed by atoms with van der Waals surface area (Å²) >= 11 is 1.43. The molecule has 49 heavy (non-hydrogen) atoms. The molecule has 5 atom stereocenters. The number of ketones is 1. The van der Waals surface area contributed by atoms with E-state index < -0.39 is 23.5 Å². The number of Topliss-reactive ketones (excluding diaryl/α,β-unsaturated/α-hetero) is 1. The first-order chi connectivity index (χ1) is 23.9. The molecule has 1 aromatic heterocycles. The van der Waals surface area contributed by atoms with Crippen LogP contribution >= 0.6 is 11.3 Å².